The number of benzene rings is 1. The fourth-order valence-electron chi connectivity index (χ4n) is 7.86. The second-order valence-electron chi connectivity index (χ2n) is 11.7. The first-order chi connectivity index (χ1) is 19.3. The van der Waals surface area contributed by atoms with Crippen LogP contribution in [0.25, 0.3) is 0 Å². The van der Waals surface area contributed by atoms with E-state index in [0.717, 1.165) is 12.8 Å². The predicted molar refractivity (Wildman–Crippen MR) is 167 cm³/mol. The van der Waals surface area contributed by atoms with E-state index in [9.17, 15) is 0 Å². The largest absolute Gasteiger partial charge is 0.308 e. The second-order valence-corrected chi connectivity index (χ2v) is 15.4. The van der Waals surface area contributed by atoms with E-state index in [-0.39, 0.29) is 16.5 Å². The molecule has 0 aliphatic carbocycles. The van der Waals surface area contributed by atoms with Gasteiger partial charge in [-0.05, 0) is 33.4 Å². The molecule has 0 N–H and O–H groups in total. The van der Waals surface area contributed by atoms with E-state index in [1.807, 2.05) is 37.2 Å². The quantitative estimate of drug-likeness (QED) is 0.345. The highest BCUT2D eigenvalue weighted by atomic mass is 28.3. The molecule has 1 aromatic carbocycles. The van der Waals surface area contributed by atoms with Crippen LogP contribution in [0.5, 0.6) is 0 Å². The van der Waals surface area contributed by atoms with Crippen molar-refractivity contribution in [1.82, 2.24) is 20.0 Å². The molecule has 2 aliphatic heterocycles. The summed E-state index contributed by atoms with van der Waals surface area (Å²) in [5.74, 6) is 0. The average molecular weight is 547 g/mol. The molecule has 205 valence electrons. The third-order valence-corrected chi connectivity index (χ3v) is 15.5. The molecule has 1 unspecified atom stereocenters. The number of para-hydroxylation sites is 1. The summed E-state index contributed by atoms with van der Waals surface area (Å²) in [6.07, 6.45) is 15.7. The van der Waals surface area contributed by atoms with Crippen molar-refractivity contribution in [2.24, 2.45) is 10.5 Å². The lowest BCUT2D eigenvalue weighted by Crippen LogP contribution is -2.77. The van der Waals surface area contributed by atoms with Gasteiger partial charge in [-0.3, -0.25) is 20.0 Å². The minimum Gasteiger partial charge on any atom is -0.308 e. The Hall–Kier alpha value is -3.84. The number of hydrogen-bond acceptors (Lipinski definition) is 6. The lowest BCUT2D eigenvalue weighted by atomic mass is 9.51. The van der Waals surface area contributed by atoms with Crippen LogP contribution in [0.2, 0.25) is 0 Å². The number of aromatic nitrogens is 3. The second kappa shape index (κ2) is 9.37. The molecule has 0 spiro atoms. The Morgan fingerprint density at radius 1 is 0.700 bits per heavy atom. The van der Waals surface area contributed by atoms with Crippen LogP contribution in [0.3, 0.4) is 0 Å². The zero-order chi connectivity index (χ0) is 28.2. The van der Waals surface area contributed by atoms with Gasteiger partial charge in [-0.25, -0.2) is 0 Å². The highest BCUT2D eigenvalue weighted by Gasteiger charge is 2.65. The van der Waals surface area contributed by atoms with Crippen LogP contribution >= 0.6 is 0 Å². The van der Waals surface area contributed by atoms with Crippen molar-refractivity contribution in [2.75, 3.05) is 11.9 Å². The lowest BCUT2D eigenvalue weighted by Gasteiger charge is -2.65. The zero-order valence-corrected chi connectivity index (χ0v) is 25.3. The maximum Gasteiger partial charge on any atom is 0.137 e. The van der Waals surface area contributed by atoms with Crippen LogP contribution in [0, 0.1) is 5.41 Å². The lowest BCUT2D eigenvalue weighted by molar-refractivity contribution is -0.0456. The molecule has 0 amide bonds. The van der Waals surface area contributed by atoms with Crippen LogP contribution in [0.15, 0.2) is 96.9 Å². The van der Waals surface area contributed by atoms with Crippen molar-refractivity contribution in [3.8, 4) is 0 Å². The topological polar surface area (TPSA) is 57.5 Å². The van der Waals surface area contributed by atoms with Gasteiger partial charge in [-0.1, -0.05) is 82.3 Å². The summed E-state index contributed by atoms with van der Waals surface area (Å²) in [7, 11) is -0.735. The van der Waals surface area contributed by atoms with E-state index in [0.29, 0.717) is 0 Å². The molecular weight excluding hydrogens is 508 g/mol. The molecule has 3 aromatic heterocycles. The monoisotopic (exact) mass is 546 g/mol. The first kappa shape index (κ1) is 26.4. The standard InChI is InChI=1S/C33H38N6Si/c1-7-31(3)28-10-9-11-29(30(28)39-24-37-38(6)33(39,5)32(31,4)8-2)40(25-12-18-34-19-13-25,26-14-20-35-21-15-26)27-16-22-36-23-17-27/h9-24H,7-8H2,1-6H3/q-1/t31?,32-,33+/m1/s1. The molecule has 0 bridgehead atoms. The summed E-state index contributed by atoms with van der Waals surface area (Å²) in [4.78, 5) is 15.8. The van der Waals surface area contributed by atoms with Gasteiger partial charge < -0.3 is 4.90 Å². The van der Waals surface area contributed by atoms with E-state index in [1.54, 1.807) is 0 Å². The van der Waals surface area contributed by atoms with Gasteiger partial charge in [0, 0.05) is 60.7 Å². The van der Waals surface area contributed by atoms with Crippen molar-refractivity contribution in [3.05, 3.63) is 97.3 Å². The fraction of sp³-hybridized carbons (Fsp3) is 0.333. The molecule has 5 heterocycles. The van der Waals surface area contributed by atoms with Gasteiger partial charge in [0.1, 0.15) is 12.0 Å². The zero-order valence-electron chi connectivity index (χ0n) is 24.3. The van der Waals surface area contributed by atoms with Gasteiger partial charge in [-0.2, -0.15) is 20.7 Å². The molecule has 0 saturated carbocycles. The summed E-state index contributed by atoms with van der Waals surface area (Å²) >= 11 is 0. The van der Waals surface area contributed by atoms with Crippen LogP contribution in [0.4, 0.5) is 5.69 Å². The van der Waals surface area contributed by atoms with Crippen LogP contribution in [-0.4, -0.2) is 47.1 Å². The van der Waals surface area contributed by atoms with Crippen molar-refractivity contribution in [1.29, 1.82) is 0 Å². The summed E-state index contributed by atoms with van der Waals surface area (Å²) in [6.45, 7) is 12.0. The highest BCUT2D eigenvalue weighted by Crippen LogP contribution is 2.62. The Balaban J connectivity index is 1.82. The van der Waals surface area contributed by atoms with Crippen LogP contribution in [-0.2, 0) is 5.41 Å². The Morgan fingerprint density at radius 3 is 1.65 bits per heavy atom. The molecule has 6 rings (SSSR count). The number of hydrazone groups is 1. The van der Waals surface area contributed by atoms with Crippen molar-refractivity contribution < 1.29 is 0 Å². The number of pyridine rings is 3. The summed E-state index contributed by atoms with van der Waals surface area (Å²) in [5, 5.41) is 12.3. The normalized spacial score (nSPS) is 25.6. The highest BCUT2D eigenvalue weighted by molar-refractivity contribution is 7.20. The molecule has 3 atom stereocenters. The molecule has 0 radical (unpaired) electrons. The van der Waals surface area contributed by atoms with Gasteiger partial charge in [0.15, 0.2) is 0 Å². The number of anilines is 1. The van der Waals surface area contributed by atoms with E-state index in [1.165, 1.54) is 32.0 Å². The molecule has 6 nitrogen and oxygen atoms in total. The van der Waals surface area contributed by atoms with E-state index < -0.39 is 8.07 Å². The Bertz CT molecular complexity index is 1450. The van der Waals surface area contributed by atoms with Crippen LogP contribution < -0.4 is 25.6 Å². The molecule has 2 aliphatic rings. The Labute approximate surface area is 238 Å². The molecule has 7 heteroatoms. The predicted octanol–water partition coefficient (Wildman–Crippen LogP) is 3.76. The number of rotatable bonds is 6. The van der Waals surface area contributed by atoms with Gasteiger partial charge in [0.2, 0.25) is 0 Å². The Kier molecular flexibility index (Phi) is 6.18. The SMILES string of the molecule is CCC1(C)c2cccc([Si-](c3ccncc3)(c3ccncc3)c3ccncc3)c2N2C=NN(C)[C@]2(C)[C@]1(C)CC. The summed E-state index contributed by atoms with van der Waals surface area (Å²) < 4.78 is 0. The maximum absolute atomic E-state index is 4.96. The first-order valence-corrected chi connectivity index (χ1v) is 16.2. The van der Waals surface area contributed by atoms with Crippen molar-refractivity contribution in [2.45, 2.75) is 58.5 Å². The van der Waals surface area contributed by atoms with E-state index >= 15 is 0 Å². The number of nitrogens with zero attached hydrogens (tertiary/aromatic N) is 6. The van der Waals surface area contributed by atoms with E-state index in [2.05, 4.69) is 127 Å². The Morgan fingerprint density at radius 2 is 1.20 bits per heavy atom. The maximum atomic E-state index is 4.96. The minimum absolute atomic E-state index is 0.0696. The molecular formula is C33H38N6Si-. The summed E-state index contributed by atoms with van der Waals surface area (Å²) in [6, 6.07) is 20.2. The number of fused-ring (bicyclic) bond motifs is 3. The minimum atomic E-state index is -2.87. The molecule has 4 aromatic rings. The van der Waals surface area contributed by atoms with Gasteiger partial charge in [0.05, 0.1) is 0 Å². The first-order valence-electron chi connectivity index (χ1n) is 14.2. The smallest absolute Gasteiger partial charge is 0.137 e. The molecule has 0 saturated heterocycles. The fourth-order valence-corrected chi connectivity index (χ4v) is 12.7. The summed E-state index contributed by atoms with van der Waals surface area (Å²) in [5.41, 5.74) is 2.18. The van der Waals surface area contributed by atoms with E-state index in [4.69, 9.17) is 5.10 Å². The van der Waals surface area contributed by atoms with Crippen LogP contribution in [0.1, 0.15) is 53.0 Å². The van der Waals surface area contributed by atoms with Gasteiger partial charge in [-0.15, -0.1) is 5.19 Å². The van der Waals surface area contributed by atoms with Gasteiger partial charge in [0.25, 0.3) is 0 Å². The van der Waals surface area contributed by atoms with Crippen molar-refractivity contribution in [3.63, 3.8) is 0 Å². The number of hydrogen-bond donors (Lipinski definition) is 0. The molecule has 40 heavy (non-hydrogen) atoms. The average Bonchev–Trinajstić information content (AvgIpc) is 3.32. The van der Waals surface area contributed by atoms with Gasteiger partial charge >= 0.3 is 0 Å². The third-order valence-electron chi connectivity index (χ3n) is 10.7. The third kappa shape index (κ3) is 3.15. The van der Waals surface area contributed by atoms with Crippen molar-refractivity contribution >= 4 is 40.8 Å². The molecule has 0 fully saturated rings.